The van der Waals surface area contributed by atoms with E-state index in [-0.39, 0.29) is 12.2 Å². The number of hydrogen-bond acceptors (Lipinski definition) is 4. The van der Waals surface area contributed by atoms with E-state index in [4.69, 9.17) is 16.7 Å². The molecule has 0 saturated carbocycles. The molecule has 1 saturated heterocycles. The van der Waals surface area contributed by atoms with Gasteiger partial charge in [0.05, 0.1) is 11.4 Å². The van der Waals surface area contributed by atoms with Crippen LogP contribution in [0.15, 0.2) is 18.2 Å². The highest BCUT2D eigenvalue weighted by Crippen LogP contribution is 2.24. The van der Waals surface area contributed by atoms with Crippen LogP contribution in [0.4, 0.5) is 0 Å². The zero-order chi connectivity index (χ0) is 14.5. The number of carboxylic acid groups (broad SMARTS) is 1. The maximum absolute atomic E-state index is 10.5. The molecule has 0 amide bonds. The van der Waals surface area contributed by atoms with E-state index in [1.54, 1.807) is 12.1 Å². The van der Waals surface area contributed by atoms with Gasteiger partial charge in [0.15, 0.2) is 0 Å². The summed E-state index contributed by atoms with van der Waals surface area (Å²) >= 11 is 5.89. The van der Waals surface area contributed by atoms with Crippen LogP contribution in [0, 0.1) is 0 Å². The van der Waals surface area contributed by atoms with E-state index in [2.05, 4.69) is 9.80 Å². The van der Waals surface area contributed by atoms with Gasteiger partial charge in [0, 0.05) is 39.3 Å². The van der Waals surface area contributed by atoms with E-state index >= 15 is 0 Å². The van der Waals surface area contributed by atoms with E-state index in [9.17, 15) is 9.90 Å². The Labute approximate surface area is 123 Å². The van der Waals surface area contributed by atoms with Crippen LogP contribution in [0.2, 0.25) is 5.02 Å². The van der Waals surface area contributed by atoms with Crippen LogP contribution >= 0.6 is 11.6 Å². The lowest BCUT2D eigenvalue weighted by molar-refractivity contribution is -0.137. The molecule has 110 valence electrons. The van der Waals surface area contributed by atoms with Crippen molar-refractivity contribution in [3.05, 3.63) is 28.8 Å². The maximum Gasteiger partial charge on any atom is 0.304 e. The fourth-order valence-corrected chi connectivity index (χ4v) is 2.53. The predicted molar refractivity (Wildman–Crippen MR) is 77.1 cm³/mol. The molecular weight excluding hydrogens is 280 g/mol. The second-order valence-electron chi connectivity index (χ2n) is 5.05. The summed E-state index contributed by atoms with van der Waals surface area (Å²) in [5.41, 5.74) is 1.08. The van der Waals surface area contributed by atoms with E-state index in [1.807, 2.05) is 6.07 Å². The Hall–Kier alpha value is -1.30. The van der Waals surface area contributed by atoms with Crippen molar-refractivity contribution in [2.45, 2.75) is 13.0 Å². The molecule has 0 atom stereocenters. The standard InChI is InChI=1S/C14H19ClN2O3/c15-12-9-11(1-2-13(12)18)10-17-7-5-16(6-8-17)4-3-14(19)20/h1-2,9,18H,3-8,10H2,(H,19,20). The van der Waals surface area contributed by atoms with Gasteiger partial charge in [-0.15, -0.1) is 0 Å². The number of piperazine rings is 1. The first-order valence-corrected chi connectivity index (χ1v) is 7.06. The minimum Gasteiger partial charge on any atom is -0.506 e. The maximum atomic E-state index is 10.5. The average Bonchev–Trinajstić information content (AvgIpc) is 2.42. The Balaban J connectivity index is 1.79. The van der Waals surface area contributed by atoms with E-state index in [0.29, 0.717) is 11.6 Å². The SMILES string of the molecule is O=C(O)CCN1CCN(Cc2ccc(O)c(Cl)c2)CC1. The number of phenolic OH excluding ortho intramolecular Hbond substituents is 1. The normalized spacial score (nSPS) is 17.2. The van der Waals surface area contributed by atoms with Crippen molar-refractivity contribution < 1.29 is 15.0 Å². The molecule has 6 heteroatoms. The quantitative estimate of drug-likeness (QED) is 0.865. The fraction of sp³-hybridized carbons (Fsp3) is 0.500. The number of benzene rings is 1. The van der Waals surface area contributed by atoms with Gasteiger partial charge in [-0.1, -0.05) is 17.7 Å². The highest BCUT2D eigenvalue weighted by Gasteiger charge is 2.17. The van der Waals surface area contributed by atoms with Crippen LogP contribution in [-0.2, 0) is 11.3 Å². The van der Waals surface area contributed by atoms with Crippen LogP contribution < -0.4 is 0 Å². The Morgan fingerprint density at radius 1 is 1.20 bits per heavy atom. The first-order chi connectivity index (χ1) is 9.54. The molecule has 0 spiro atoms. The highest BCUT2D eigenvalue weighted by atomic mass is 35.5. The molecule has 0 bridgehead atoms. The lowest BCUT2D eigenvalue weighted by Gasteiger charge is -2.34. The number of carboxylic acids is 1. The second-order valence-corrected chi connectivity index (χ2v) is 5.45. The van der Waals surface area contributed by atoms with Gasteiger partial charge in [-0.25, -0.2) is 0 Å². The number of aliphatic carboxylic acids is 1. The molecule has 1 aliphatic heterocycles. The summed E-state index contributed by atoms with van der Waals surface area (Å²) < 4.78 is 0. The third kappa shape index (κ3) is 4.37. The number of aromatic hydroxyl groups is 1. The van der Waals surface area contributed by atoms with Gasteiger partial charge >= 0.3 is 5.97 Å². The molecule has 2 rings (SSSR count). The summed E-state index contributed by atoms with van der Waals surface area (Å²) in [6.07, 6.45) is 0.202. The van der Waals surface area contributed by atoms with E-state index in [0.717, 1.165) is 38.3 Å². The minimum atomic E-state index is -0.744. The summed E-state index contributed by atoms with van der Waals surface area (Å²) in [4.78, 5) is 15.0. The number of carbonyl (C=O) groups is 1. The van der Waals surface area contributed by atoms with Crippen LogP contribution in [0.3, 0.4) is 0 Å². The molecule has 1 aliphatic rings. The van der Waals surface area contributed by atoms with Gasteiger partial charge < -0.3 is 15.1 Å². The predicted octanol–water partition coefficient (Wildman–Crippen LogP) is 1.64. The number of rotatable bonds is 5. The lowest BCUT2D eigenvalue weighted by atomic mass is 10.2. The molecule has 1 heterocycles. The number of phenols is 1. The van der Waals surface area contributed by atoms with E-state index < -0.39 is 5.97 Å². The summed E-state index contributed by atoms with van der Waals surface area (Å²) in [5, 5.41) is 18.4. The average molecular weight is 299 g/mol. The van der Waals surface area contributed by atoms with Gasteiger partial charge in [-0.05, 0) is 17.7 Å². The Morgan fingerprint density at radius 2 is 1.85 bits per heavy atom. The van der Waals surface area contributed by atoms with Gasteiger partial charge in [0.25, 0.3) is 0 Å². The topological polar surface area (TPSA) is 64.0 Å². The Kier molecular flexibility index (Phi) is 5.23. The van der Waals surface area contributed by atoms with Crippen LogP contribution in [-0.4, -0.2) is 58.7 Å². The molecule has 1 aromatic carbocycles. The molecule has 2 N–H and O–H groups in total. The van der Waals surface area contributed by atoms with Crippen molar-refractivity contribution in [3.63, 3.8) is 0 Å². The zero-order valence-electron chi connectivity index (χ0n) is 11.3. The molecule has 0 radical (unpaired) electrons. The summed E-state index contributed by atoms with van der Waals surface area (Å²) in [5.74, 6) is -0.639. The molecule has 0 aromatic heterocycles. The van der Waals surface area contributed by atoms with Crippen LogP contribution in [0.5, 0.6) is 5.75 Å². The minimum absolute atomic E-state index is 0.105. The molecular formula is C14H19ClN2O3. The van der Waals surface area contributed by atoms with Crippen LogP contribution in [0.1, 0.15) is 12.0 Å². The fourth-order valence-electron chi connectivity index (χ4n) is 2.33. The van der Waals surface area contributed by atoms with Crippen molar-refractivity contribution in [3.8, 4) is 5.75 Å². The smallest absolute Gasteiger partial charge is 0.304 e. The monoisotopic (exact) mass is 298 g/mol. The molecule has 1 fully saturated rings. The molecule has 20 heavy (non-hydrogen) atoms. The Bertz CT molecular complexity index is 473. The molecule has 1 aromatic rings. The number of hydrogen-bond donors (Lipinski definition) is 2. The first kappa shape index (κ1) is 15.1. The molecule has 0 aliphatic carbocycles. The first-order valence-electron chi connectivity index (χ1n) is 6.68. The van der Waals surface area contributed by atoms with Gasteiger partial charge in [0.1, 0.15) is 5.75 Å². The third-order valence-electron chi connectivity index (χ3n) is 3.53. The molecule has 5 nitrogen and oxygen atoms in total. The van der Waals surface area contributed by atoms with Gasteiger partial charge in [0.2, 0.25) is 0 Å². The van der Waals surface area contributed by atoms with Crippen molar-refractivity contribution in [1.82, 2.24) is 9.80 Å². The number of nitrogens with zero attached hydrogens (tertiary/aromatic N) is 2. The molecule has 0 unspecified atom stereocenters. The number of halogens is 1. The van der Waals surface area contributed by atoms with E-state index in [1.165, 1.54) is 0 Å². The second kappa shape index (κ2) is 6.92. The zero-order valence-corrected chi connectivity index (χ0v) is 12.0. The van der Waals surface area contributed by atoms with Gasteiger partial charge in [-0.3, -0.25) is 9.69 Å². The van der Waals surface area contributed by atoms with Gasteiger partial charge in [-0.2, -0.15) is 0 Å². The Morgan fingerprint density at radius 3 is 2.45 bits per heavy atom. The van der Waals surface area contributed by atoms with Crippen LogP contribution in [0.25, 0.3) is 0 Å². The van der Waals surface area contributed by atoms with Crippen molar-refractivity contribution in [1.29, 1.82) is 0 Å². The highest BCUT2D eigenvalue weighted by molar-refractivity contribution is 6.32. The van der Waals surface area contributed by atoms with Crippen molar-refractivity contribution >= 4 is 17.6 Å². The summed E-state index contributed by atoms with van der Waals surface area (Å²) in [6.45, 7) is 5.02. The summed E-state index contributed by atoms with van der Waals surface area (Å²) in [6, 6.07) is 5.27. The third-order valence-corrected chi connectivity index (χ3v) is 3.83. The largest absolute Gasteiger partial charge is 0.506 e. The lowest BCUT2D eigenvalue weighted by Crippen LogP contribution is -2.46. The van der Waals surface area contributed by atoms with Crippen molar-refractivity contribution in [2.24, 2.45) is 0 Å². The van der Waals surface area contributed by atoms with Crippen molar-refractivity contribution in [2.75, 3.05) is 32.7 Å². The summed E-state index contributed by atoms with van der Waals surface area (Å²) in [7, 11) is 0.